The summed E-state index contributed by atoms with van der Waals surface area (Å²) in [4.78, 5) is 10.3. The van der Waals surface area contributed by atoms with Crippen LogP contribution in [0.15, 0.2) is 0 Å². The van der Waals surface area contributed by atoms with E-state index in [9.17, 15) is 4.79 Å². The molecule has 2 nitrogen and oxygen atoms in total. The minimum atomic E-state index is -0.200. The number of nitrogens with two attached hydrogens (primary N) is 1. The number of hydrogen-bond acceptors (Lipinski definition) is 2. The maximum Gasteiger partial charge on any atom is 0.227 e. The molecule has 0 unspecified atom stereocenters. The fourth-order valence-electron chi connectivity index (χ4n) is 0.980. The summed E-state index contributed by atoms with van der Waals surface area (Å²) in [6, 6.07) is 0. The monoisotopic (exact) mass is 189 g/mol. The van der Waals surface area contributed by atoms with Crippen molar-refractivity contribution in [3.8, 4) is 0 Å². The third kappa shape index (κ3) is 9.82. The Morgan fingerprint density at radius 3 is 2.50 bits per heavy atom. The predicted octanol–water partition coefficient (Wildman–Crippen LogP) is 2.18. The Balaban J connectivity index is 2.86. The van der Waals surface area contributed by atoms with Crippen LogP contribution in [-0.2, 0) is 4.79 Å². The van der Waals surface area contributed by atoms with E-state index >= 15 is 0 Å². The number of carbonyl (C=O) groups is 1. The molecule has 3 heteroatoms. The summed E-state index contributed by atoms with van der Waals surface area (Å²) < 4.78 is 0. The second kappa shape index (κ2) is 8.91. The van der Waals surface area contributed by atoms with Gasteiger partial charge in [-0.3, -0.25) is 4.79 Å². The van der Waals surface area contributed by atoms with Crippen molar-refractivity contribution in [1.29, 1.82) is 0 Å². The number of primary amides is 1. The van der Waals surface area contributed by atoms with E-state index in [2.05, 4.69) is 6.92 Å². The van der Waals surface area contributed by atoms with Crippen LogP contribution in [0.25, 0.3) is 0 Å². The molecule has 0 aliphatic heterocycles. The van der Waals surface area contributed by atoms with Gasteiger partial charge in [-0.05, 0) is 12.2 Å². The van der Waals surface area contributed by atoms with Crippen LogP contribution < -0.4 is 5.73 Å². The third-order valence-corrected chi connectivity index (χ3v) is 2.70. The summed E-state index contributed by atoms with van der Waals surface area (Å²) in [6.07, 6.45) is 6.46. The molecule has 72 valence electrons. The minimum absolute atomic E-state index is 0.200. The molecular weight excluding hydrogens is 170 g/mol. The van der Waals surface area contributed by atoms with Gasteiger partial charge >= 0.3 is 0 Å². The Morgan fingerprint density at radius 2 is 1.92 bits per heavy atom. The number of amides is 1. The van der Waals surface area contributed by atoms with Gasteiger partial charge in [0.25, 0.3) is 0 Å². The van der Waals surface area contributed by atoms with E-state index in [4.69, 9.17) is 5.73 Å². The summed E-state index contributed by atoms with van der Waals surface area (Å²) in [7, 11) is 0. The highest BCUT2D eigenvalue weighted by Gasteiger charge is 1.94. The molecule has 0 aromatic heterocycles. The van der Waals surface area contributed by atoms with E-state index in [0.717, 1.165) is 5.75 Å². The first-order valence-corrected chi connectivity index (χ1v) is 5.79. The van der Waals surface area contributed by atoms with Crippen molar-refractivity contribution < 1.29 is 4.79 Å². The summed E-state index contributed by atoms with van der Waals surface area (Å²) in [5.41, 5.74) is 5.00. The quantitative estimate of drug-likeness (QED) is 0.595. The Labute approximate surface area is 79.3 Å². The van der Waals surface area contributed by atoms with Gasteiger partial charge in [0.15, 0.2) is 0 Å². The molecule has 0 radical (unpaired) electrons. The van der Waals surface area contributed by atoms with Crippen LogP contribution in [0.3, 0.4) is 0 Å². The molecule has 0 rings (SSSR count). The summed E-state index contributed by atoms with van der Waals surface area (Å²) in [5, 5.41) is 0. The smallest absolute Gasteiger partial charge is 0.227 e. The van der Waals surface area contributed by atoms with Gasteiger partial charge < -0.3 is 5.73 Å². The molecule has 0 aromatic carbocycles. The summed E-state index contributed by atoms with van der Waals surface area (Å²) >= 11 is 1.64. The first kappa shape index (κ1) is 11.8. The lowest BCUT2D eigenvalue weighted by atomic mass is 10.2. The van der Waals surface area contributed by atoms with E-state index in [1.54, 1.807) is 11.8 Å². The molecule has 0 saturated carbocycles. The topological polar surface area (TPSA) is 43.1 Å². The molecule has 2 N–H and O–H groups in total. The van der Waals surface area contributed by atoms with Gasteiger partial charge in [-0.25, -0.2) is 0 Å². The average molecular weight is 189 g/mol. The zero-order valence-electron chi connectivity index (χ0n) is 7.84. The van der Waals surface area contributed by atoms with Gasteiger partial charge in [-0.15, -0.1) is 0 Å². The molecule has 0 aliphatic rings. The fourth-order valence-corrected chi connectivity index (χ4v) is 1.73. The SMILES string of the molecule is CCCCCCCSCC(N)=O. The summed E-state index contributed by atoms with van der Waals surface area (Å²) in [6.45, 7) is 2.21. The van der Waals surface area contributed by atoms with Crippen molar-refractivity contribution in [2.45, 2.75) is 39.0 Å². The van der Waals surface area contributed by atoms with E-state index < -0.39 is 0 Å². The predicted molar refractivity (Wildman–Crippen MR) is 55.3 cm³/mol. The van der Waals surface area contributed by atoms with Gasteiger partial charge in [-0.2, -0.15) is 11.8 Å². The molecule has 0 aromatic rings. The van der Waals surface area contributed by atoms with Crippen LogP contribution in [0.5, 0.6) is 0 Å². The number of unbranched alkanes of at least 4 members (excludes halogenated alkanes) is 4. The second-order valence-corrected chi connectivity index (χ2v) is 4.04. The number of carbonyl (C=O) groups excluding carboxylic acids is 1. The average Bonchev–Trinajstić information content (AvgIpc) is 2.02. The van der Waals surface area contributed by atoms with Crippen molar-refractivity contribution >= 4 is 17.7 Å². The Kier molecular flexibility index (Phi) is 8.78. The van der Waals surface area contributed by atoms with Gasteiger partial charge in [-0.1, -0.05) is 32.6 Å². The van der Waals surface area contributed by atoms with Crippen molar-refractivity contribution in [2.24, 2.45) is 5.73 Å². The van der Waals surface area contributed by atoms with Crippen LogP contribution in [0.1, 0.15) is 39.0 Å². The highest BCUT2D eigenvalue weighted by molar-refractivity contribution is 7.99. The molecule has 0 saturated heterocycles. The standard InChI is InChI=1S/C9H19NOS/c1-2-3-4-5-6-7-12-8-9(10)11/h2-8H2,1H3,(H2,10,11). The molecule has 0 aliphatic carbocycles. The lowest BCUT2D eigenvalue weighted by molar-refractivity contribution is -0.115. The van der Waals surface area contributed by atoms with Gasteiger partial charge in [0.2, 0.25) is 5.91 Å². The maximum absolute atomic E-state index is 10.3. The van der Waals surface area contributed by atoms with E-state index in [1.807, 2.05) is 0 Å². The van der Waals surface area contributed by atoms with Crippen LogP contribution in [-0.4, -0.2) is 17.4 Å². The molecular formula is C9H19NOS. The Hall–Kier alpha value is -0.180. The molecule has 0 spiro atoms. The van der Waals surface area contributed by atoms with Crippen molar-refractivity contribution in [3.05, 3.63) is 0 Å². The Bertz CT molecular complexity index is 117. The normalized spacial score (nSPS) is 10.1. The van der Waals surface area contributed by atoms with E-state index in [1.165, 1.54) is 32.1 Å². The maximum atomic E-state index is 10.3. The highest BCUT2D eigenvalue weighted by atomic mass is 32.2. The van der Waals surface area contributed by atoms with Crippen molar-refractivity contribution in [3.63, 3.8) is 0 Å². The van der Waals surface area contributed by atoms with Crippen LogP contribution in [0, 0.1) is 0 Å². The van der Waals surface area contributed by atoms with Crippen molar-refractivity contribution in [2.75, 3.05) is 11.5 Å². The lowest BCUT2D eigenvalue weighted by Gasteiger charge is -1.98. The fraction of sp³-hybridized carbons (Fsp3) is 0.889. The molecule has 0 fully saturated rings. The lowest BCUT2D eigenvalue weighted by Crippen LogP contribution is -2.13. The zero-order chi connectivity index (χ0) is 9.23. The molecule has 0 bridgehead atoms. The molecule has 12 heavy (non-hydrogen) atoms. The number of rotatable bonds is 8. The Morgan fingerprint density at radius 1 is 1.25 bits per heavy atom. The third-order valence-electron chi connectivity index (χ3n) is 1.64. The second-order valence-electron chi connectivity index (χ2n) is 2.93. The van der Waals surface area contributed by atoms with Crippen LogP contribution >= 0.6 is 11.8 Å². The molecule has 0 atom stereocenters. The van der Waals surface area contributed by atoms with E-state index in [-0.39, 0.29) is 5.91 Å². The van der Waals surface area contributed by atoms with E-state index in [0.29, 0.717) is 5.75 Å². The van der Waals surface area contributed by atoms with Crippen LogP contribution in [0.4, 0.5) is 0 Å². The highest BCUT2D eigenvalue weighted by Crippen LogP contribution is 2.07. The van der Waals surface area contributed by atoms with Gasteiger partial charge in [0.1, 0.15) is 0 Å². The number of hydrogen-bond donors (Lipinski definition) is 1. The largest absolute Gasteiger partial charge is 0.369 e. The molecule has 1 amide bonds. The minimum Gasteiger partial charge on any atom is -0.369 e. The first-order valence-electron chi connectivity index (χ1n) is 4.63. The molecule has 0 heterocycles. The van der Waals surface area contributed by atoms with Gasteiger partial charge in [0.05, 0.1) is 5.75 Å². The van der Waals surface area contributed by atoms with Crippen LogP contribution in [0.2, 0.25) is 0 Å². The van der Waals surface area contributed by atoms with Crippen molar-refractivity contribution in [1.82, 2.24) is 0 Å². The zero-order valence-corrected chi connectivity index (χ0v) is 8.66. The number of thioether (sulfide) groups is 1. The van der Waals surface area contributed by atoms with Gasteiger partial charge in [0, 0.05) is 0 Å². The first-order chi connectivity index (χ1) is 5.77. The summed E-state index contributed by atoms with van der Waals surface area (Å²) in [5.74, 6) is 1.36.